The number of hydrogen-bond acceptors (Lipinski definition) is 6. The number of benzene rings is 1. The Morgan fingerprint density at radius 1 is 1.31 bits per heavy atom. The summed E-state index contributed by atoms with van der Waals surface area (Å²) in [4.78, 5) is 42.0. The van der Waals surface area contributed by atoms with Gasteiger partial charge in [0.2, 0.25) is 17.7 Å². The molecule has 2 aliphatic rings. The summed E-state index contributed by atoms with van der Waals surface area (Å²) in [6.45, 7) is 0.549. The van der Waals surface area contributed by atoms with E-state index in [1.54, 1.807) is 25.4 Å². The van der Waals surface area contributed by atoms with Crippen LogP contribution in [-0.2, 0) is 27.5 Å². The highest BCUT2D eigenvalue weighted by molar-refractivity contribution is 6.06. The molecule has 0 radical (unpaired) electrons. The van der Waals surface area contributed by atoms with Crippen LogP contribution in [0.3, 0.4) is 0 Å². The monoisotopic (exact) mass is 355 g/mol. The first-order valence-electron chi connectivity index (χ1n) is 8.29. The first-order chi connectivity index (χ1) is 12.6. The Bertz CT molecular complexity index is 904. The van der Waals surface area contributed by atoms with E-state index in [1.165, 1.54) is 4.90 Å². The fourth-order valence-electron chi connectivity index (χ4n) is 3.44. The Morgan fingerprint density at radius 2 is 2.12 bits per heavy atom. The number of aromatic nitrogens is 1. The molecule has 1 unspecified atom stereocenters. The quantitative estimate of drug-likeness (QED) is 0.828. The Kier molecular flexibility index (Phi) is 4.04. The van der Waals surface area contributed by atoms with E-state index in [2.05, 4.69) is 10.3 Å². The third-order valence-corrected chi connectivity index (χ3v) is 4.67. The van der Waals surface area contributed by atoms with E-state index in [-0.39, 0.29) is 31.4 Å². The first-order valence-corrected chi connectivity index (χ1v) is 8.29. The van der Waals surface area contributed by atoms with Crippen molar-refractivity contribution in [1.29, 1.82) is 0 Å². The third-order valence-electron chi connectivity index (χ3n) is 4.67. The second kappa shape index (κ2) is 6.38. The Balaban J connectivity index is 1.66. The number of hydrogen-bond donors (Lipinski definition) is 1. The summed E-state index contributed by atoms with van der Waals surface area (Å²) in [6, 6.07) is 4.73. The molecule has 134 valence electrons. The molecule has 1 aromatic heterocycles. The number of ether oxygens (including phenoxy) is 1. The number of nitrogens with zero attached hydrogens (tertiary/aromatic N) is 2. The standard InChI is InChI=1S/C18H17N3O5/c1-25-9-16-19-7-14(26-16)10-3-2-4-11-12(10)8-21(18(11)24)13-5-6-15(22)20-17(13)23/h2-4,7,13H,5-6,8-9H2,1H3,(H,20,22,23). The summed E-state index contributed by atoms with van der Waals surface area (Å²) >= 11 is 0. The van der Waals surface area contributed by atoms with Gasteiger partial charge < -0.3 is 14.1 Å². The minimum absolute atomic E-state index is 0.215. The summed E-state index contributed by atoms with van der Waals surface area (Å²) in [5.74, 6) is 0.0562. The summed E-state index contributed by atoms with van der Waals surface area (Å²) in [5, 5.41) is 2.30. The van der Waals surface area contributed by atoms with E-state index < -0.39 is 11.9 Å². The zero-order chi connectivity index (χ0) is 18.3. The van der Waals surface area contributed by atoms with E-state index in [0.717, 1.165) is 11.1 Å². The van der Waals surface area contributed by atoms with Crippen LogP contribution in [0, 0.1) is 0 Å². The fourth-order valence-corrected chi connectivity index (χ4v) is 3.44. The van der Waals surface area contributed by atoms with Gasteiger partial charge in [-0.3, -0.25) is 19.7 Å². The molecule has 2 aromatic rings. The molecular weight excluding hydrogens is 338 g/mol. The molecule has 26 heavy (non-hydrogen) atoms. The van der Waals surface area contributed by atoms with Gasteiger partial charge in [-0.25, -0.2) is 4.98 Å². The van der Waals surface area contributed by atoms with Gasteiger partial charge in [-0.2, -0.15) is 0 Å². The molecule has 0 bridgehead atoms. The second-order valence-corrected chi connectivity index (χ2v) is 6.28. The van der Waals surface area contributed by atoms with E-state index in [0.29, 0.717) is 23.6 Å². The molecule has 0 spiro atoms. The van der Waals surface area contributed by atoms with Crippen LogP contribution in [0.4, 0.5) is 0 Å². The van der Waals surface area contributed by atoms with Crippen LogP contribution in [0.25, 0.3) is 11.3 Å². The van der Waals surface area contributed by atoms with Gasteiger partial charge in [-0.1, -0.05) is 12.1 Å². The highest BCUT2D eigenvalue weighted by Gasteiger charge is 2.40. The Hall–Kier alpha value is -3.00. The lowest BCUT2D eigenvalue weighted by molar-refractivity contribution is -0.136. The van der Waals surface area contributed by atoms with Crippen molar-refractivity contribution >= 4 is 17.7 Å². The molecule has 8 heteroatoms. The largest absolute Gasteiger partial charge is 0.438 e. The molecule has 1 atom stereocenters. The summed E-state index contributed by atoms with van der Waals surface area (Å²) < 4.78 is 10.7. The van der Waals surface area contributed by atoms with Crippen molar-refractivity contribution in [2.45, 2.75) is 32.0 Å². The molecule has 0 saturated carbocycles. The minimum Gasteiger partial charge on any atom is -0.438 e. The highest BCUT2D eigenvalue weighted by Crippen LogP contribution is 2.35. The maximum atomic E-state index is 12.8. The molecule has 2 aliphatic heterocycles. The summed E-state index contributed by atoms with van der Waals surface area (Å²) in [5.41, 5.74) is 2.10. The lowest BCUT2D eigenvalue weighted by Gasteiger charge is -2.29. The molecule has 3 amide bonds. The van der Waals surface area contributed by atoms with E-state index in [9.17, 15) is 14.4 Å². The molecule has 0 aliphatic carbocycles. The van der Waals surface area contributed by atoms with Crippen LogP contribution >= 0.6 is 0 Å². The predicted molar refractivity (Wildman–Crippen MR) is 88.7 cm³/mol. The number of oxazole rings is 1. The van der Waals surface area contributed by atoms with Crippen LogP contribution in [0.5, 0.6) is 0 Å². The fraction of sp³-hybridized carbons (Fsp3) is 0.333. The summed E-state index contributed by atoms with van der Waals surface area (Å²) in [6.07, 6.45) is 2.16. The minimum atomic E-state index is -0.640. The maximum Gasteiger partial charge on any atom is 0.255 e. The molecule has 1 saturated heterocycles. The number of imide groups is 1. The van der Waals surface area contributed by atoms with Gasteiger partial charge in [0.1, 0.15) is 12.6 Å². The predicted octanol–water partition coefficient (Wildman–Crippen LogP) is 1.25. The highest BCUT2D eigenvalue weighted by atomic mass is 16.5. The topological polar surface area (TPSA) is 102 Å². The van der Waals surface area contributed by atoms with Gasteiger partial charge >= 0.3 is 0 Å². The lowest BCUT2D eigenvalue weighted by atomic mass is 10.0. The zero-order valence-corrected chi connectivity index (χ0v) is 14.2. The van der Waals surface area contributed by atoms with Crippen molar-refractivity contribution in [2.24, 2.45) is 0 Å². The number of nitrogens with one attached hydrogen (secondary N) is 1. The van der Waals surface area contributed by atoms with Crippen molar-refractivity contribution in [3.05, 3.63) is 41.4 Å². The molecule has 1 fully saturated rings. The van der Waals surface area contributed by atoms with Crippen LogP contribution in [0.15, 0.2) is 28.8 Å². The van der Waals surface area contributed by atoms with Crippen molar-refractivity contribution in [1.82, 2.24) is 15.2 Å². The van der Waals surface area contributed by atoms with Crippen molar-refractivity contribution in [3.63, 3.8) is 0 Å². The number of piperidine rings is 1. The van der Waals surface area contributed by atoms with Gasteiger partial charge in [0.15, 0.2) is 5.76 Å². The summed E-state index contributed by atoms with van der Waals surface area (Å²) in [7, 11) is 1.56. The first kappa shape index (κ1) is 16.5. The zero-order valence-electron chi connectivity index (χ0n) is 14.2. The molecular formula is C18H17N3O5. The molecule has 3 heterocycles. The van der Waals surface area contributed by atoms with Gasteiger partial charge in [0.05, 0.1) is 6.20 Å². The lowest BCUT2D eigenvalue weighted by Crippen LogP contribution is -2.52. The van der Waals surface area contributed by atoms with Crippen molar-refractivity contribution in [2.75, 3.05) is 7.11 Å². The van der Waals surface area contributed by atoms with E-state index in [1.807, 2.05) is 6.07 Å². The number of rotatable bonds is 4. The van der Waals surface area contributed by atoms with Crippen molar-refractivity contribution in [3.8, 4) is 11.3 Å². The smallest absolute Gasteiger partial charge is 0.255 e. The van der Waals surface area contributed by atoms with Crippen molar-refractivity contribution < 1.29 is 23.5 Å². The van der Waals surface area contributed by atoms with Crippen LogP contribution in [-0.4, -0.2) is 40.8 Å². The SMILES string of the molecule is COCc1ncc(-c2cccc3c2CN(C2CCC(=O)NC2=O)C3=O)o1. The Labute approximate surface area is 149 Å². The number of carbonyl (C=O) groups is 3. The third kappa shape index (κ3) is 2.68. The maximum absolute atomic E-state index is 12.8. The second-order valence-electron chi connectivity index (χ2n) is 6.28. The number of amides is 3. The normalized spacial score (nSPS) is 19.7. The van der Waals surface area contributed by atoms with Gasteiger partial charge in [-0.05, 0) is 18.1 Å². The van der Waals surface area contributed by atoms with Crippen LogP contribution in [0.2, 0.25) is 0 Å². The molecule has 8 nitrogen and oxygen atoms in total. The number of methoxy groups -OCH3 is 1. The van der Waals surface area contributed by atoms with E-state index in [4.69, 9.17) is 9.15 Å². The molecule has 4 rings (SSSR count). The van der Waals surface area contributed by atoms with Crippen LogP contribution in [0.1, 0.15) is 34.7 Å². The van der Waals surface area contributed by atoms with Gasteiger partial charge in [0, 0.05) is 31.2 Å². The molecule has 1 aromatic carbocycles. The van der Waals surface area contributed by atoms with Gasteiger partial charge in [-0.15, -0.1) is 0 Å². The average molecular weight is 355 g/mol. The number of fused-ring (bicyclic) bond motifs is 1. The molecule has 1 N–H and O–H groups in total. The van der Waals surface area contributed by atoms with Gasteiger partial charge in [0.25, 0.3) is 5.91 Å². The van der Waals surface area contributed by atoms with Crippen LogP contribution < -0.4 is 5.32 Å². The van der Waals surface area contributed by atoms with E-state index >= 15 is 0 Å². The average Bonchev–Trinajstić information content (AvgIpc) is 3.21. The Morgan fingerprint density at radius 3 is 2.88 bits per heavy atom. The number of carbonyl (C=O) groups excluding carboxylic acids is 3.